The van der Waals surface area contributed by atoms with Crippen LogP contribution in [0.1, 0.15) is 11.1 Å². The number of hydrogen-bond acceptors (Lipinski definition) is 4. The van der Waals surface area contributed by atoms with Crippen molar-refractivity contribution in [3.05, 3.63) is 107 Å². The molecule has 4 aromatic carbocycles. The molecule has 0 spiro atoms. The third-order valence-electron chi connectivity index (χ3n) is 5.64. The molecule has 0 bridgehead atoms. The lowest BCUT2D eigenvalue weighted by Gasteiger charge is -2.22. The Hall–Kier alpha value is -3.39. The van der Waals surface area contributed by atoms with Crippen molar-refractivity contribution < 1.29 is 17.9 Å². The highest BCUT2D eigenvalue weighted by atomic mass is 35.5. The van der Waals surface area contributed by atoms with E-state index in [2.05, 4.69) is 5.32 Å². The van der Waals surface area contributed by atoms with Crippen molar-refractivity contribution in [1.82, 2.24) is 9.62 Å². The van der Waals surface area contributed by atoms with Crippen LogP contribution in [0.5, 0.6) is 5.75 Å². The van der Waals surface area contributed by atoms with E-state index in [0.717, 1.165) is 26.2 Å². The number of amides is 1. The van der Waals surface area contributed by atoms with Crippen LogP contribution < -0.4 is 10.1 Å². The molecule has 0 heterocycles. The molecule has 0 unspecified atom stereocenters. The van der Waals surface area contributed by atoms with Gasteiger partial charge in [0.05, 0.1) is 23.6 Å². The number of nitrogens with zero attached hydrogens (tertiary/aromatic N) is 1. The van der Waals surface area contributed by atoms with Gasteiger partial charge in [-0.25, -0.2) is 8.42 Å². The van der Waals surface area contributed by atoms with Gasteiger partial charge in [-0.3, -0.25) is 4.79 Å². The molecule has 0 aliphatic rings. The van der Waals surface area contributed by atoms with Crippen LogP contribution in [0.15, 0.2) is 95.9 Å². The zero-order valence-corrected chi connectivity index (χ0v) is 20.7. The van der Waals surface area contributed by atoms with Crippen LogP contribution in [0.25, 0.3) is 10.8 Å². The first-order chi connectivity index (χ1) is 16.9. The maximum Gasteiger partial charge on any atom is 0.243 e. The Bertz CT molecular complexity index is 1440. The number of sulfonamides is 1. The van der Waals surface area contributed by atoms with Crippen LogP contribution in [0.4, 0.5) is 0 Å². The van der Waals surface area contributed by atoms with Crippen molar-refractivity contribution in [2.45, 2.75) is 18.0 Å². The number of halogens is 1. The molecular weight excluding hydrogens is 484 g/mol. The second kappa shape index (κ2) is 10.9. The van der Waals surface area contributed by atoms with Crippen LogP contribution in [0.2, 0.25) is 5.02 Å². The molecule has 0 saturated heterocycles. The molecule has 6 nitrogen and oxygen atoms in total. The van der Waals surface area contributed by atoms with Crippen molar-refractivity contribution in [2.24, 2.45) is 0 Å². The molecule has 8 heteroatoms. The summed E-state index contributed by atoms with van der Waals surface area (Å²) >= 11 is 6.18. The quantitative estimate of drug-likeness (QED) is 0.345. The van der Waals surface area contributed by atoms with E-state index in [4.69, 9.17) is 16.3 Å². The molecule has 180 valence electrons. The SMILES string of the molecule is COc1ccc(S(=O)(=O)N(CC(=O)NCc2cccc3ccccc23)Cc2ccccc2)cc1Cl. The lowest BCUT2D eigenvalue weighted by atomic mass is 10.0. The maximum atomic E-state index is 13.5. The maximum absolute atomic E-state index is 13.5. The van der Waals surface area contributed by atoms with Gasteiger partial charge in [-0.2, -0.15) is 4.31 Å². The number of rotatable bonds is 9. The lowest BCUT2D eigenvalue weighted by molar-refractivity contribution is -0.121. The van der Waals surface area contributed by atoms with E-state index in [0.29, 0.717) is 5.75 Å². The zero-order valence-electron chi connectivity index (χ0n) is 19.1. The van der Waals surface area contributed by atoms with Crippen LogP contribution in [0, 0.1) is 0 Å². The lowest BCUT2D eigenvalue weighted by Crippen LogP contribution is -2.40. The summed E-state index contributed by atoms with van der Waals surface area (Å²) in [5.74, 6) is -0.0369. The summed E-state index contributed by atoms with van der Waals surface area (Å²) in [4.78, 5) is 12.9. The second-order valence-electron chi connectivity index (χ2n) is 7.97. The smallest absolute Gasteiger partial charge is 0.243 e. The number of nitrogens with one attached hydrogen (secondary N) is 1. The van der Waals surface area contributed by atoms with Gasteiger partial charge in [-0.1, -0.05) is 84.4 Å². The predicted molar refractivity (Wildman–Crippen MR) is 138 cm³/mol. The van der Waals surface area contributed by atoms with Gasteiger partial charge in [0.15, 0.2) is 0 Å². The van der Waals surface area contributed by atoms with Gasteiger partial charge in [-0.15, -0.1) is 0 Å². The first kappa shape index (κ1) is 24.7. The monoisotopic (exact) mass is 508 g/mol. The van der Waals surface area contributed by atoms with Gasteiger partial charge in [-0.05, 0) is 40.1 Å². The van der Waals surface area contributed by atoms with E-state index >= 15 is 0 Å². The fraction of sp³-hybridized carbons (Fsp3) is 0.148. The Morgan fingerprint density at radius 1 is 0.943 bits per heavy atom. The Labute approximate surface area is 210 Å². The highest BCUT2D eigenvalue weighted by Crippen LogP contribution is 2.29. The molecule has 0 aliphatic carbocycles. The minimum absolute atomic E-state index is 0.0129. The minimum Gasteiger partial charge on any atom is -0.495 e. The molecule has 35 heavy (non-hydrogen) atoms. The number of fused-ring (bicyclic) bond motifs is 1. The summed E-state index contributed by atoms with van der Waals surface area (Å²) in [7, 11) is -2.57. The summed E-state index contributed by atoms with van der Waals surface area (Å²) in [5.41, 5.74) is 1.72. The summed E-state index contributed by atoms with van der Waals surface area (Å²) in [6.45, 7) is -0.0199. The molecule has 1 N–H and O–H groups in total. The summed E-state index contributed by atoms with van der Waals surface area (Å²) < 4.78 is 33.3. The fourth-order valence-electron chi connectivity index (χ4n) is 3.83. The van der Waals surface area contributed by atoms with E-state index in [1.165, 1.54) is 25.3 Å². The molecule has 1 amide bonds. The molecule has 0 fully saturated rings. The first-order valence-electron chi connectivity index (χ1n) is 11.0. The molecule has 4 aromatic rings. The van der Waals surface area contributed by atoms with Crippen molar-refractivity contribution in [1.29, 1.82) is 0 Å². The van der Waals surface area contributed by atoms with E-state index in [1.54, 1.807) is 0 Å². The van der Waals surface area contributed by atoms with Crippen molar-refractivity contribution >= 4 is 38.3 Å². The molecule has 0 aromatic heterocycles. The van der Waals surface area contributed by atoms with E-state index < -0.39 is 15.9 Å². The molecule has 0 aliphatic heterocycles. The minimum atomic E-state index is -4.03. The third-order valence-corrected chi connectivity index (χ3v) is 7.72. The zero-order chi connectivity index (χ0) is 24.8. The Balaban J connectivity index is 1.56. The highest BCUT2D eigenvalue weighted by Gasteiger charge is 2.27. The number of ether oxygens (including phenoxy) is 1. The van der Waals surface area contributed by atoms with E-state index in [1.807, 2.05) is 72.8 Å². The number of benzene rings is 4. The largest absolute Gasteiger partial charge is 0.495 e. The summed E-state index contributed by atoms with van der Waals surface area (Å²) in [5, 5.41) is 5.16. The Morgan fingerprint density at radius 2 is 1.66 bits per heavy atom. The molecule has 4 rings (SSSR count). The van der Waals surface area contributed by atoms with Crippen LogP contribution >= 0.6 is 11.6 Å². The summed E-state index contributed by atoms with van der Waals surface area (Å²) in [6.07, 6.45) is 0. The predicted octanol–water partition coefficient (Wildman–Crippen LogP) is 5.01. The van der Waals surface area contributed by atoms with Gasteiger partial charge in [0, 0.05) is 13.1 Å². The number of carbonyl (C=O) groups is 1. The number of carbonyl (C=O) groups excluding carboxylic acids is 1. The first-order valence-corrected chi connectivity index (χ1v) is 12.8. The van der Waals surface area contributed by atoms with Crippen molar-refractivity contribution in [3.8, 4) is 5.75 Å². The topological polar surface area (TPSA) is 75.7 Å². The normalized spacial score (nSPS) is 11.5. The Kier molecular flexibility index (Phi) is 7.70. The molecule has 0 radical (unpaired) electrons. The number of methoxy groups -OCH3 is 1. The van der Waals surface area contributed by atoms with E-state index in [9.17, 15) is 13.2 Å². The van der Waals surface area contributed by atoms with Gasteiger partial charge in [0.1, 0.15) is 5.75 Å². The Morgan fingerprint density at radius 3 is 2.40 bits per heavy atom. The van der Waals surface area contributed by atoms with Gasteiger partial charge in [0.2, 0.25) is 15.9 Å². The van der Waals surface area contributed by atoms with E-state index in [-0.39, 0.29) is 29.6 Å². The molecule has 0 atom stereocenters. The van der Waals surface area contributed by atoms with Crippen molar-refractivity contribution in [3.63, 3.8) is 0 Å². The second-order valence-corrected chi connectivity index (χ2v) is 10.3. The van der Waals surface area contributed by atoms with Gasteiger partial charge < -0.3 is 10.1 Å². The highest BCUT2D eigenvalue weighted by molar-refractivity contribution is 7.89. The van der Waals surface area contributed by atoms with Crippen LogP contribution in [-0.4, -0.2) is 32.3 Å². The third kappa shape index (κ3) is 5.82. The molecular formula is C27H25ClN2O4S. The summed E-state index contributed by atoms with van der Waals surface area (Å²) in [6, 6.07) is 27.2. The number of hydrogen-bond donors (Lipinski definition) is 1. The average molecular weight is 509 g/mol. The average Bonchev–Trinajstić information content (AvgIpc) is 2.87. The van der Waals surface area contributed by atoms with Crippen LogP contribution in [0.3, 0.4) is 0 Å². The van der Waals surface area contributed by atoms with Crippen molar-refractivity contribution in [2.75, 3.05) is 13.7 Å². The standard InChI is InChI=1S/C27H25ClN2O4S/c1-34-26-15-14-23(16-25(26)28)35(32,33)30(18-20-8-3-2-4-9-20)19-27(31)29-17-22-12-7-11-21-10-5-6-13-24(21)22/h2-16H,17-19H2,1H3,(H,29,31). The van der Waals surface area contributed by atoms with Crippen LogP contribution in [-0.2, 0) is 27.9 Å². The van der Waals surface area contributed by atoms with Gasteiger partial charge in [0.25, 0.3) is 0 Å². The molecule has 0 saturated carbocycles. The fourth-order valence-corrected chi connectivity index (χ4v) is 5.56. The van der Waals surface area contributed by atoms with Gasteiger partial charge >= 0.3 is 0 Å².